The molecule has 0 aliphatic rings. The Balaban J connectivity index is 2.06. The van der Waals surface area contributed by atoms with Gasteiger partial charge in [0, 0.05) is 25.4 Å². The molecule has 98 valence electrons. The fraction of sp³-hybridized carbons (Fsp3) is 0.538. The van der Waals surface area contributed by atoms with Crippen molar-refractivity contribution in [2.45, 2.75) is 39.7 Å². The van der Waals surface area contributed by atoms with E-state index in [9.17, 15) is 0 Å². The first kappa shape index (κ1) is 12.8. The van der Waals surface area contributed by atoms with Crippen molar-refractivity contribution in [3.8, 4) is 6.01 Å². The Labute approximate surface area is 107 Å². The molecule has 0 atom stereocenters. The fourth-order valence-electron chi connectivity index (χ4n) is 1.80. The van der Waals surface area contributed by atoms with Gasteiger partial charge >= 0.3 is 6.01 Å². The maximum atomic E-state index is 5.50. The lowest BCUT2D eigenvalue weighted by Gasteiger charge is -2.01. The second-order valence-corrected chi connectivity index (χ2v) is 4.26. The van der Waals surface area contributed by atoms with E-state index in [1.165, 1.54) is 0 Å². The number of oxazole rings is 1. The van der Waals surface area contributed by atoms with E-state index in [4.69, 9.17) is 4.42 Å². The molecule has 0 aliphatic heterocycles. The molecule has 0 unspecified atom stereocenters. The molecule has 0 saturated heterocycles. The number of aromatic nitrogens is 3. The van der Waals surface area contributed by atoms with Crippen LogP contribution in [0.25, 0.3) is 6.01 Å². The average Bonchev–Trinajstić information content (AvgIpc) is 2.98. The van der Waals surface area contributed by atoms with Gasteiger partial charge in [0.1, 0.15) is 12.1 Å². The molecule has 2 aromatic rings. The zero-order valence-corrected chi connectivity index (χ0v) is 11.0. The maximum Gasteiger partial charge on any atom is 0.307 e. The molecule has 0 spiro atoms. The van der Waals surface area contributed by atoms with Crippen LogP contribution in [0.5, 0.6) is 0 Å². The Morgan fingerprint density at radius 1 is 1.33 bits per heavy atom. The Bertz CT molecular complexity index is 475. The summed E-state index contributed by atoms with van der Waals surface area (Å²) in [6, 6.07) is 0.601. The summed E-state index contributed by atoms with van der Waals surface area (Å²) < 4.78 is 7.41. The predicted octanol–water partition coefficient (Wildman–Crippen LogP) is 2.31. The zero-order valence-electron chi connectivity index (χ0n) is 11.0. The molecule has 2 rings (SSSR count). The van der Waals surface area contributed by atoms with Crippen LogP contribution in [-0.2, 0) is 13.0 Å². The van der Waals surface area contributed by atoms with E-state index in [1.54, 1.807) is 12.5 Å². The number of rotatable bonds is 7. The molecule has 0 bridgehead atoms. The molecule has 5 heteroatoms. The minimum absolute atomic E-state index is 0.601. The van der Waals surface area contributed by atoms with Gasteiger partial charge in [-0.1, -0.05) is 13.8 Å². The van der Waals surface area contributed by atoms with E-state index in [0.717, 1.165) is 43.9 Å². The third kappa shape index (κ3) is 2.98. The van der Waals surface area contributed by atoms with Crippen molar-refractivity contribution in [1.82, 2.24) is 19.9 Å². The monoisotopic (exact) mass is 248 g/mol. The van der Waals surface area contributed by atoms with Crippen molar-refractivity contribution in [2.75, 3.05) is 6.54 Å². The number of nitrogens with zero attached hydrogens (tertiary/aromatic N) is 3. The van der Waals surface area contributed by atoms with Gasteiger partial charge in [-0.2, -0.15) is 4.98 Å². The van der Waals surface area contributed by atoms with Crippen LogP contribution in [0.2, 0.25) is 0 Å². The minimum Gasteiger partial charge on any atom is -0.431 e. The standard InChI is InChI=1S/C13H20N4O/c1-3-5-12-15-7-8-17(12)13-16-11(10-18-13)9-14-6-4-2/h7-8,10,14H,3-6,9H2,1-2H3. The SMILES string of the molecule is CCCNCc1coc(-n2ccnc2CCC)n1. The number of aryl methyl sites for hydroxylation is 1. The van der Waals surface area contributed by atoms with Crippen molar-refractivity contribution in [1.29, 1.82) is 0 Å². The molecular formula is C13H20N4O. The van der Waals surface area contributed by atoms with Crippen LogP contribution in [0, 0.1) is 0 Å². The Hall–Kier alpha value is -1.62. The van der Waals surface area contributed by atoms with Crippen LogP contribution in [-0.4, -0.2) is 21.1 Å². The Morgan fingerprint density at radius 2 is 2.22 bits per heavy atom. The van der Waals surface area contributed by atoms with Crippen molar-refractivity contribution < 1.29 is 4.42 Å². The smallest absolute Gasteiger partial charge is 0.307 e. The molecule has 0 amide bonds. The summed E-state index contributed by atoms with van der Waals surface area (Å²) in [5.74, 6) is 0.993. The van der Waals surface area contributed by atoms with E-state index >= 15 is 0 Å². The highest BCUT2D eigenvalue weighted by atomic mass is 16.4. The third-order valence-corrected chi connectivity index (χ3v) is 2.67. The minimum atomic E-state index is 0.601. The largest absolute Gasteiger partial charge is 0.431 e. The summed E-state index contributed by atoms with van der Waals surface area (Å²) in [6.07, 6.45) is 8.48. The molecular weight excluding hydrogens is 228 g/mol. The molecule has 5 nitrogen and oxygen atoms in total. The van der Waals surface area contributed by atoms with Crippen LogP contribution in [0.1, 0.15) is 38.2 Å². The maximum absolute atomic E-state index is 5.50. The van der Waals surface area contributed by atoms with Gasteiger partial charge in [-0.3, -0.25) is 4.57 Å². The van der Waals surface area contributed by atoms with Crippen molar-refractivity contribution in [2.24, 2.45) is 0 Å². The Morgan fingerprint density at radius 3 is 3.00 bits per heavy atom. The third-order valence-electron chi connectivity index (χ3n) is 2.67. The van der Waals surface area contributed by atoms with E-state index in [0.29, 0.717) is 6.01 Å². The first-order valence-corrected chi connectivity index (χ1v) is 6.52. The molecule has 0 saturated carbocycles. The predicted molar refractivity (Wildman–Crippen MR) is 69.6 cm³/mol. The first-order valence-electron chi connectivity index (χ1n) is 6.52. The fourth-order valence-corrected chi connectivity index (χ4v) is 1.80. The van der Waals surface area contributed by atoms with Gasteiger partial charge in [0.25, 0.3) is 0 Å². The Kier molecular flexibility index (Phi) is 4.52. The van der Waals surface area contributed by atoms with Crippen LogP contribution < -0.4 is 5.32 Å². The molecule has 2 heterocycles. The van der Waals surface area contributed by atoms with Crippen molar-refractivity contribution in [3.63, 3.8) is 0 Å². The van der Waals surface area contributed by atoms with E-state index < -0.39 is 0 Å². The van der Waals surface area contributed by atoms with E-state index in [1.807, 2.05) is 10.8 Å². The van der Waals surface area contributed by atoms with Gasteiger partial charge in [-0.15, -0.1) is 0 Å². The molecule has 1 N–H and O–H groups in total. The second-order valence-electron chi connectivity index (χ2n) is 4.26. The lowest BCUT2D eigenvalue weighted by molar-refractivity contribution is 0.518. The summed E-state index contributed by atoms with van der Waals surface area (Å²) >= 11 is 0. The first-order chi connectivity index (χ1) is 8.85. The van der Waals surface area contributed by atoms with E-state index in [-0.39, 0.29) is 0 Å². The molecule has 0 aromatic carbocycles. The second kappa shape index (κ2) is 6.35. The molecule has 0 aliphatic carbocycles. The summed E-state index contributed by atoms with van der Waals surface area (Å²) in [7, 11) is 0. The number of nitrogens with one attached hydrogen (secondary N) is 1. The lowest BCUT2D eigenvalue weighted by Crippen LogP contribution is -2.14. The topological polar surface area (TPSA) is 55.9 Å². The number of imidazole rings is 1. The summed E-state index contributed by atoms with van der Waals surface area (Å²) in [5, 5.41) is 3.30. The highest BCUT2D eigenvalue weighted by molar-refractivity contribution is 5.14. The van der Waals surface area contributed by atoms with E-state index in [2.05, 4.69) is 29.1 Å². The summed E-state index contributed by atoms with van der Waals surface area (Å²) in [6.45, 7) is 6.02. The summed E-state index contributed by atoms with van der Waals surface area (Å²) in [5.41, 5.74) is 0.926. The van der Waals surface area contributed by atoms with Crippen LogP contribution >= 0.6 is 0 Å². The van der Waals surface area contributed by atoms with Crippen LogP contribution in [0.4, 0.5) is 0 Å². The van der Waals surface area contributed by atoms with Gasteiger partial charge in [0.2, 0.25) is 0 Å². The quantitative estimate of drug-likeness (QED) is 0.764. The van der Waals surface area contributed by atoms with Crippen LogP contribution in [0.15, 0.2) is 23.1 Å². The van der Waals surface area contributed by atoms with Gasteiger partial charge in [-0.05, 0) is 19.4 Å². The number of hydrogen-bond donors (Lipinski definition) is 1. The zero-order chi connectivity index (χ0) is 12.8. The normalized spacial score (nSPS) is 11.0. The molecule has 0 radical (unpaired) electrons. The van der Waals surface area contributed by atoms with Gasteiger partial charge < -0.3 is 9.73 Å². The molecule has 18 heavy (non-hydrogen) atoms. The van der Waals surface area contributed by atoms with Crippen LogP contribution in [0.3, 0.4) is 0 Å². The number of hydrogen-bond acceptors (Lipinski definition) is 4. The highest BCUT2D eigenvalue weighted by Gasteiger charge is 2.09. The van der Waals surface area contributed by atoms with Crippen molar-refractivity contribution in [3.05, 3.63) is 30.2 Å². The summed E-state index contributed by atoms with van der Waals surface area (Å²) in [4.78, 5) is 8.78. The van der Waals surface area contributed by atoms with Gasteiger partial charge in [0.15, 0.2) is 0 Å². The molecule has 0 fully saturated rings. The van der Waals surface area contributed by atoms with Gasteiger partial charge in [0.05, 0.1) is 5.69 Å². The highest BCUT2D eigenvalue weighted by Crippen LogP contribution is 2.11. The van der Waals surface area contributed by atoms with Crippen molar-refractivity contribution >= 4 is 0 Å². The van der Waals surface area contributed by atoms with Gasteiger partial charge in [-0.25, -0.2) is 4.98 Å². The lowest BCUT2D eigenvalue weighted by atomic mass is 10.3. The molecule has 2 aromatic heterocycles. The average molecular weight is 248 g/mol.